The van der Waals surface area contributed by atoms with Gasteiger partial charge in [-0.1, -0.05) is 37.3 Å². The van der Waals surface area contributed by atoms with Gasteiger partial charge in [0.05, 0.1) is 6.10 Å². The molecule has 0 aromatic heterocycles. The fourth-order valence-corrected chi connectivity index (χ4v) is 2.98. The zero-order valence-electron chi connectivity index (χ0n) is 10.5. The number of rotatable bonds is 3. The Morgan fingerprint density at radius 3 is 2.56 bits per heavy atom. The van der Waals surface area contributed by atoms with Gasteiger partial charge in [-0.2, -0.15) is 0 Å². The summed E-state index contributed by atoms with van der Waals surface area (Å²) in [7, 11) is 0. The summed E-state index contributed by atoms with van der Waals surface area (Å²) < 4.78 is 13.2. The third-order valence-electron chi connectivity index (χ3n) is 3.88. The van der Waals surface area contributed by atoms with E-state index < -0.39 is 6.10 Å². The van der Waals surface area contributed by atoms with Crippen LogP contribution >= 0.6 is 11.6 Å². The van der Waals surface area contributed by atoms with E-state index in [4.69, 9.17) is 11.6 Å². The molecular formula is C15H20ClFO. The van der Waals surface area contributed by atoms with Crippen LogP contribution in [0.3, 0.4) is 0 Å². The van der Waals surface area contributed by atoms with Gasteiger partial charge >= 0.3 is 0 Å². The molecular weight excluding hydrogens is 251 g/mol. The lowest BCUT2D eigenvalue weighted by Crippen LogP contribution is -2.22. The molecule has 2 rings (SSSR count). The van der Waals surface area contributed by atoms with E-state index in [9.17, 15) is 9.50 Å². The topological polar surface area (TPSA) is 20.2 Å². The summed E-state index contributed by atoms with van der Waals surface area (Å²) >= 11 is 6.03. The second kappa shape index (κ2) is 6.53. The summed E-state index contributed by atoms with van der Waals surface area (Å²) in [5, 5.41) is 10.8. The van der Waals surface area contributed by atoms with E-state index in [1.165, 1.54) is 37.8 Å². The molecule has 0 bridgehead atoms. The number of aliphatic hydroxyl groups excluding tert-OH is 1. The molecule has 18 heavy (non-hydrogen) atoms. The van der Waals surface area contributed by atoms with Crippen LogP contribution in [-0.4, -0.2) is 11.2 Å². The second-order valence-electron chi connectivity index (χ2n) is 5.26. The lowest BCUT2D eigenvalue weighted by atomic mass is 9.90. The van der Waals surface area contributed by atoms with Gasteiger partial charge < -0.3 is 5.11 Å². The molecule has 0 heterocycles. The fourth-order valence-electron chi connectivity index (χ4n) is 2.79. The van der Waals surface area contributed by atoms with Crippen LogP contribution < -0.4 is 0 Å². The number of halogens is 2. The molecule has 1 aliphatic carbocycles. The first-order chi connectivity index (χ1) is 8.66. The van der Waals surface area contributed by atoms with Gasteiger partial charge in [-0.05, 0) is 42.5 Å². The van der Waals surface area contributed by atoms with E-state index in [0.29, 0.717) is 22.9 Å². The molecule has 1 fully saturated rings. The van der Waals surface area contributed by atoms with Crippen molar-refractivity contribution in [3.63, 3.8) is 0 Å². The van der Waals surface area contributed by atoms with Crippen molar-refractivity contribution >= 4 is 11.6 Å². The van der Waals surface area contributed by atoms with Crippen LogP contribution in [0.5, 0.6) is 0 Å². The SMILES string of the molecule is OC(Cc1cc(F)ccc1Cl)C1CCCCCC1. The van der Waals surface area contributed by atoms with Crippen LogP contribution in [0, 0.1) is 11.7 Å². The van der Waals surface area contributed by atoms with Gasteiger partial charge in [-0.25, -0.2) is 4.39 Å². The summed E-state index contributed by atoms with van der Waals surface area (Å²) in [6, 6.07) is 4.35. The quantitative estimate of drug-likeness (QED) is 0.810. The maximum absolute atomic E-state index is 13.2. The minimum atomic E-state index is -0.401. The highest BCUT2D eigenvalue weighted by Gasteiger charge is 2.21. The van der Waals surface area contributed by atoms with Crippen molar-refractivity contribution in [2.24, 2.45) is 5.92 Å². The average molecular weight is 271 g/mol. The van der Waals surface area contributed by atoms with Gasteiger partial charge in [0, 0.05) is 11.4 Å². The van der Waals surface area contributed by atoms with E-state index in [1.807, 2.05) is 0 Å². The van der Waals surface area contributed by atoms with Gasteiger partial charge in [0.15, 0.2) is 0 Å². The molecule has 1 aromatic carbocycles. The Labute approximate surface area is 113 Å². The zero-order valence-corrected chi connectivity index (χ0v) is 11.3. The normalized spacial score (nSPS) is 19.5. The van der Waals surface area contributed by atoms with Crippen molar-refractivity contribution in [1.82, 2.24) is 0 Å². The Kier molecular flexibility index (Phi) is 5.02. The molecule has 0 saturated heterocycles. The van der Waals surface area contributed by atoms with Crippen molar-refractivity contribution < 1.29 is 9.50 Å². The molecule has 1 atom stereocenters. The number of benzene rings is 1. The smallest absolute Gasteiger partial charge is 0.123 e. The van der Waals surface area contributed by atoms with Crippen LogP contribution in [0.2, 0.25) is 5.02 Å². The zero-order chi connectivity index (χ0) is 13.0. The summed E-state index contributed by atoms with van der Waals surface area (Å²) in [5.41, 5.74) is 0.716. The molecule has 100 valence electrons. The molecule has 0 radical (unpaired) electrons. The van der Waals surface area contributed by atoms with Crippen molar-refractivity contribution in [1.29, 1.82) is 0 Å². The molecule has 0 aliphatic heterocycles. The van der Waals surface area contributed by atoms with Gasteiger partial charge in [-0.15, -0.1) is 0 Å². The van der Waals surface area contributed by atoms with E-state index >= 15 is 0 Å². The minimum Gasteiger partial charge on any atom is -0.392 e. The van der Waals surface area contributed by atoms with E-state index in [2.05, 4.69) is 0 Å². The molecule has 1 saturated carbocycles. The maximum atomic E-state index is 13.2. The molecule has 1 N–H and O–H groups in total. The van der Waals surface area contributed by atoms with Gasteiger partial charge in [-0.3, -0.25) is 0 Å². The summed E-state index contributed by atoms with van der Waals surface area (Å²) in [4.78, 5) is 0. The number of hydrogen-bond donors (Lipinski definition) is 1. The third kappa shape index (κ3) is 3.69. The third-order valence-corrected chi connectivity index (χ3v) is 4.25. The maximum Gasteiger partial charge on any atom is 0.123 e. The second-order valence-corrected chi connectivity index (χ2v) is 5.67. The summed E-state index contributed by atoms with van der Waals surface area (Å²) in [5.74, 6) is 0.0503. The van der Waals surface area contributed by atoms with Crippen molar-refractivity contribution in [3.8, 4) is 0 Å². The lowest BCUT2D eigenvalue weighted by Gasteiger charge is -2.21. The van der Waals surface area contributed by atoms with Crippen LogP contribution in [0.15, 0.2) is 18.2 Å². The predicted octanol–water partition coefficient (Wildman–Crippen LogP) is 4.35. The molecule has 1 nitrogen and oxygen atoms in total. The molecule has 0 spiro atoms. The van der Waals surface area contributed by atoms with Crippen LogP contribution in [0.4, 0.5) is 4.39 Å². The Morgan fingerprint density at radius 2 is 1.89 bits per heavy atom. The van der Waals surface area contributed by atoms with Gasteiger partial charge in [0.1, 0.15) is 5.82 Å². The Hall–Kier alpha value is -0.600. The van der Waals surface area contributed by atoms with E-state index in [1.54, 1.807) is 6.07 Å². The highest BCUT2D eigenvalue weighted by Crippen LogP contribution is 2.28. The minimum absolute atomic E-state index is 0.289. The summed E-state index contributed by atoms with van der Waals surface area (Å²) in [6.07, 6.45) is 7.14. The highest BCUT2D eigenvalue weighted by molar-refractivity contribution is 6.31. The Morgan fingerprint density at radius 1 is 1.22 bits per heavy atom. The summed E-state index contributed by atoms with van der Waals surface area (Å²) in [6.45, 7) is 0. The van der Waals surface area contributed by atoms with Crippen LogP contribution in [0.1, 0.15) is 44.1 Å². The van der Waals surface area contributed by atoms with E-state index in [-0.39, 0.29) is 5.82 Å². The van der Waals surface area contributed by atoms with Crippen molar-refractivity contribution in [2.75, 3.05) is 0 Å². The standard InChI is InChI=1S/C15H20ClFO/c16-14-8-7-13(17)9-12(14)10-15(18)11-5-3-1-2-4-6-11/h7-9,11,15,18H,1-6,10H2. The predicted molar refractivity (Wildman–Crippen MR) is 72.3 cm³/mol. The first-order valence-corrected chi connectivity index (χ1v) is 7.16. The first kappa shape index (κ1) is 13.8. The number of aliphatic hydroxyl groups is 1. The lowest BCUT2D eigenvalue weighted by molar-refractivity contribution is 0.0986. The van der Waals surface area contributed by atoms with Crippen LogP contribution in [-0.2, 0) is 6.42 Å². The average Bonchev–Trinajstić information content (AvgIpc) is 2.62. The molecule has 1 aromatic rings. The Balaban J connectivity index is 2.00. The molecule has 1 unspecified atom stereocenters. The van der Waals surface area contributed by atoms with Crippen molar-refractivity contribution in [2.45, 2.75) is 51.0 Å². The largest absolute Gasteiger partial charge is 0.392 e. The first-order valence-electron chi connectivity index (χ1n) is 6.79. The Bertz CT molecular complexity index is 386. The molecule has 3 heteroatoms. The van der Waals surface area contributed by atoms with Gasteiger partial charge in [0.25, 0.3) is 0 Å². The number of hydrogen-bond acceptors (Lipinski definition) is 1. The fraction of sp³-hybridized carbons (Fsp3) is 0.600. The molecule has 0 amide bonds. The van der Waals surface area contributed by atoms with Crippen molar-refractivity contribution in [3.05, 3.63) is 34.6 Å². The highest BCUT2D eigenvalue weighted by atomic mass is 35.5. The van der Waals surface area contributed by atoms with Crippen LogP contribution in [0.25, 0.3) is 0 Å². The van der Waals surface area contributed by atoms with E-state index in [0.717, 1.165) is 12.8 Å². The molecule has 1 aliphatic rings. The monoisotopic (exact) mass is 270 g/mol. The van der Waals surface area contributed by atoms with Gasteiger partial charge in [0.2, 0.25) is 0 Å².